The van der Waals surface area contributed by atoms with Crippen molar-refractivity contribution in [2.45, 2.75) is 32.9 Å². The molecule has 0 spiro atoms. The number of nitrogens with one attached hydrogen (secondary N) is 1. The Bertz CT molecular complexity index is 366. The minimum atomic E-state index is 0.254. The van der Waals surface area contributed by atoms with Crippen LogP contribution in [0.4, 0.5) is 5.82 Å². The molecule has 2 N–H and O–H groups in total. The number of rotatable bonds is 5. The summed E-state index contributed by atoms with van der Waals surface area (Å²) in [5.41, 5.74) is 1.21. The van der Waals surface area contributed by atoms with E-state index >= 15 is 0 Å². The highest BCUT2D eigenvalue weighted by molar-refractivity contribution is 5.35. The number of aromatic nitrogens is 1. The second-order valence-corrected chi connectivity index (χ2v) is 5.07. The zero-order valence-corrected chi connectivity index (χ0v) is 11.3. The topological polar surface area (TPSA) is 48.4 Å². The molecular weight excluding hydrogens is 226 g/mol. The molecule has 0 aliphatic carbocycles. The van der Waals surface area contributed by atoms with Crippen LogP contribution < -0.4 is 5.32 Å². The Morgan fingerprint density at radius 3 is 2.94 bits per heavy atom. The lowest BCUT2D eigenvalue weighted by Crippen LogP contribution is -2.34. The normalized spacial score (nSPS) is 24.4. The van der Waals surface area contributed by atoms with Crippen molar-refractivity contribution in [3.8, 4) is 0 Å². The van der Waals surface area contributed by atoms with E-state index < -0.39 is 0 Å². The third-order valence-corrected chi connectivity index (χ3v) is 3.75. The molecule has 0 aromatic carbocycles. The first kappa shape index (κ1) is 13.3. The third-order valence-electron chi connectivity index (χ3n) is 3.75. The van der Waals surface area contributed by atoms with Gasteiger partial charge in [-0.3, -0.25) is 4.90 Å². The van der Waals surface area contributed by atoms with Gasteiger partial charge in [-0.25, -0.2) is 4.98 Å². The fraction of sp³-hybridized carbons (Fsp3) is 0.643. The lowest BCUT2D eigenvalue weighted by atomic mass is 10.0. The molecule has 1 fully saturated rings. The van der Waals surface area contributed by atoms with Crippen LogP contribution in [0.2, 0.25) is 0 Å². The van der Waals surface area contributed by atoms with Gasteiger partial charge in [0.05, 0.1) is 6.61 Å². The molecule has 100 valence electrons. The van der Waals surface area contributed by atoms with Crippen LogP contribution in [0.5, 0.6) is 0 Å². The zero-order chi connectivity index (χ0) is 13.0. The summed E-state index contributed by atoms with van der Waals surface area (Å²) in [5.74, 6) is 1.51. The summed E-state index contributed by atoms with van der Waals surface area (Å²) in [6, 6.07) is 4.44. The van der Waals surface area contributed by atoms with Gasteiger partial charge in [-0.1, -0.05) is 13.0 Å². The highest BCUT2D eigenvalue weighted by atomic mass is 16.3. The van der Waals surface area contributed by atoms with Crippen LogP contribution in [0.25, 0.3) is 0 Å². The molecule has 18 heavy (non-hydrogen) atoms. The molecule has 0 amide bonds. The van der Waals surface area contributed by atoms with Crippen LogP contribution in [-0.2, 0) is 6.54 Å². The van der Waals surface area contributed by atoms with Crippen LogP contribution in [0.15, 0.2) is 18.3 Å². The maximum absolute atomic E-state index is 9.43. The molecule has 1 aliphatic heterocycles. The minimum absolute atomic E-state index is 0.254. The highest BCUT2D eigenvalue weighted by Crippen LogP contribution is 2.25. The second-order valence-electron chi connectivity index (χ2n) is 5.07. The molecule has 1 aromatic heterocycles. The Kier molecular flexibility index (Phi) is 4.55. The molecule has 2 atom stereocenters. The first-order valence-electron chi connectivity index (χ1n) is 6.78. The van der Waals surface area contributed by atoms with Crippen LogP contribution >= 0.6 is 0 Å². The number of nitrogens with zero attached hydrogens (tertiary/aromatic N) is 2. The van der Waals surface area contributed by atoms with E-state index in [1.165, 1.54) is 12.0 Å². The Balaban J connectivity index is 1.96. The van der Waals surface area contributed by atoms with Crippen LogP contribution in [0.3, 0.4) is 0 Å². The molecule has 1 aromatic rings. The van der Waals surface area contributed by atoms with Crippen LogP contribution in [0, 0.1) is 5.92 Å². The average molecular weight is 249 g/mol. The molecule has 1 aliphatic rings. The number of anilines is 1. The number of likely N-dealkylation sites (tertiary alicyclic amines) is 1. The standard InChI is InChI=1S/C14H23N3O/c1-3-15-14-5-4-12(8-16-14)9-17-7-6-11(2)13(17)10-18/h4-5,8,11,13,18H,3,6-7,9-10H2,1-2H3,(H,15,16). The van der Waals surface area contributed by atoms with Crippen LogP contribution in [-0.4, -0.2) is 40.7 Å². The summed E-state index contributed by atoms with van der Waals surface area (Å²) >= 11 is 0. The van der Waals surface area contributed by atoms with Gasteiger partial charge in [0.2, 0.25) is 0 Å². The summed E-state index contributed by atoms with van der Waals surface area (Å²) in [7, 11) is 0. The molecule has 4 nitrogen and oxygen atoms in total. The quantitative estimate of drug-likeness (QED) is 0.834. The lowest BCUT2D eigenvalue weighted by Gasteiger charge is -2.24. The number of hydrogen-bond donors (Lipinski definition) is 2. The molecule has 1 saturated heterocycles. The Morgan fingerprint density at radius 1 is 1.50 bits per heavy atom. The predicted molar refractivity (Wildman–Crippen MR) is 73.5 cm³/mol. The third kappa shape index (κ3) is 3.00. The van der Waals surface area contributed by atoms with E-state index in [0.717, 1.165) is 25.5 Å². The summed E-state index contributed by atoms with van der Waals surface area (Å²) in [4.78, 5) is 6.74. The number of aliphatic hydroxyl groups is 1. The van der Waals surface area contributed by atoms with E-state index in [0.29, 0.717) is 12.0 Å². The van der Waals surface area contributed by atoms with Crippen molar-refractivity contribution in [2.75, 3.05) is 25.0 Å². The monoisotopic (exact) mass is 249 g/mol. The lowest BCUT2D eigenvalue weighted by molar-refractivity contribution is 0.134. The first-order chi connectivity index (χ1) is 8.74. The average Bonchev–Trinajstić information content (AvgIpc) is 2.72. The van der Waals surface area contributed by atoms with E-state index in [-0.39, 0.29) is 6.61 Å². The fourth-order valence-corrected chi connectivity index (χ4v) is 2.62. The SMILES string of the molecule is CCNc1ccc(CN2CCC(C)C2CO)cn1. The van der Waals surface area contributed by atoms with Crippen molar-refractivity contribution in [3.05, 3.63) is 23.9 Å². The molecule has 2 unspecified atom stereocenters. The summed E-state index contributed by atoms with van der Waals surface area (Å²) in [6.07, 6.45) is 3.10. The molecule has 0 bridgehead atoms. The van der Waals surface area contributed by atoms with Gasteiger partial charge in [0.15, 0.2) is 0 Å². The Morgan fingerprint density at radius 2 is 2.33 bits per heavy atom. The van der Waals surface area contributed by atoms with Crippen molar-refractivity contribution in [1.82, 2.24) is 9.88 Å². The fourth-order valence-electron chi connectivity index (χ4n) is 2.62. The molecule has 2 rings (SSSR count). The van der Waals surface area contributed by atoms with Crippen molar-refractivity contribution >= 4 is 5.82 Å². The first-order valence-corrected chi connectivity index (χ1v) is 6.78. The maximum Gasteiger partial charge on any atom is 0.125 e. The van der Waals surface area contributed by atoms with E-state index in [1.54, 1.807) is 0 Å². The summed E-state index contributed by atoms with van der Waals surface area (Å²) < 4.78 is 0. The molecule has 0 saturated carbocycles. The summed E-state index contributed by atoms with van der Waals surface area (Å²) in [5, 5.41) is 12.6. The minimum Gasteiger partial charge on any atom is -0.395 e. The number of hydrogen-bond acceptors (Lipinski definition) is 4. The summed E-state index contributed by atoms with van der Waals surface area (Å²) in [6.45, 7) is 7.38. The van der Waals surface area contributed by atoms with Gasteiger partial charge in [0, 0.05) is 25.3 Å². The van der Waals surface area contributed by atoms with E-state index in [4.69, 9.17) is 0 Å². The van der Waals surface area contributed by atoms with E-state index in [9.17, 15) is 5.11 Å². The number of pyridine rings is 1. The Labute approximate surface area is 109 Å². The van der Waals surface area contributed by atoms with Gasteiger partial charge in [-0.15, -0.1) is 0 Å². The van der Waals surface area contributed by atoms with Crippen molar-refractivity contribution in [2.24, 2.45) is 5.92 Å². The largest absolute Gasteiger partial charge is 0.395 e. The van der Waals surface area contributed by atoms with E-state index in [2.05, 4.69) is 35.1 Å². The van der Waals surface area contributed by atoms with E-state index in [1.807, 2.05) is 12.3 Å². The zero-order valence-electron chi connectivity index (χ0n) is 11.3. The molecule has 0 radical (unpaired) electrons. The highest BCUT2D eigenvalue weighted by Gasteiger charge is 2.30. The molecule has 4 heteroatoms. The second kappa shape index (κ2) is 6.16. The van der Waals surface area contributed by atoms with Gasteiger partial charge in [-0.05, 0) is 37.4 Å². The van der Waals surface area contributed by atoms with Gasteiger partial charge in [0.1, 0.15) is 5.82 Å². The number of aliphatic hydroxyl groups excluding tert-OH is 1. The smallest absolute Gasteiger partial charge is 0.125 e. The van der Waals surface area contributed by atoms with Crippen LogP contribution in [0.1, 0.15) is 25.8 Å². The van der Waals surface area contributed by atoms with Crippen molar-refractivity contribution in [1.29, 1.82) is 0 Å². The maximum atomic E-state index is 9.43. The molecule has 2 heterocycles. The van der Waals surface area contributed by atoms with Gasteiger partial charge >= 0.3 is 0 Å². The van der Waals surface area contributed by atoms with Crippen molar-refractivity contribution in [3.63, 3.8) is 0 Å². The Hall–Kier alpha value is -1.13. The van der Waals surface area contributed by atoms with Gasteiger partial charge in [-0.2, -0.15) is 0 Å². The molecular formula is C14H23N3O. The van der Waals surface area contributed by atoms with Gasteiger partial charge < -0.3 is 10.4 Å². The van der Waals surface area contributed by atoms with Gasteiger partial charge in [0.25, 0.3) is 0 Å². The van der Waals surface area contributed by atoms with Crippen molar-refractivity contribution < 1.29 is 5.11 Å². The predicted octanol–water partition coefficient (Wildman–Crippen LogP) is 1.72.